The standard InChI is InChI=1S/C17H13NSSi/c1-2-7-14(8-3-1)18-16-15-9-5-4-6-12(15)10-13-11-20-19-17(13)16/h1-10,17H,11H2. The highest BCUT2D eigenvalue weighted by molar-refractivity contribution is 8.24. The molecule has 0 saturated carbocycles. The molecule has 0 N–H and O–H groups in total. The fraction of sp³-hybridized carbons (Fsp3) is 0.118. The minimum Gasteiger partial charge on any atom is -0.251 e. The summed E-state index contributed by atoms with van der Waals surface area (Å²) in [6.07, 6.45) is 2.37. The van der Waals surface area contributed by atoms with Crippen molar-refractivity contribution in [1.29, 1.82) is 0 Å². The number of aliphatic imine (C=N–C) groups is 1. The summed E-state index contributed by atoms with van der Waals surface area (Å²) in [4.78, 5) is 4.96. The third-order valence-corrected chi connectivity index (χ3v) is 6.77. The zero-order valence-corrected chi connectivity index (χ0v) is 12.7. The third-order valence-electron chi connectivity index (χ3n) is 3.65. The van der Waals surface area contributed by atoms with Crippen molar-refractivity contribution in [2.24, 2.45) is 4.99 Å². The van der Waals surface area contributed by atoms with Crippen LogP contribution >= 0.6 is 11.2 Å². The van der Waals surface area contributed by atoms with Gasteiger partial charge in [-0.25, -0.2) is 0 Å². The number of benzene rings is 2. The lowest BCUT2D eigenvalue weighted by Crippen LogP contribution is -2.21. The van der Waals surface area contributed by atoms with E-state index in [4.69, 9.17) is 4.99 Å². The van der Waals surface area contributed by atoms with Crippen molar-refractivity contribution < 1.29 is 0 Å². The van der Waals surface area contributed by atoms with Crippen LogP contribution in [-0.4, -0.2) is 19.6 Å². The van der Waals surface area contributed by atoms with Crippen LogP contribution in [0.5, 0.6) is 0 Å². The molecule has 0 amide bonds. The van der Waals surface area contributed by atoms with Crippen LogP contribution in [0.3, 0.4) is 0 Å². The lowest BCUT2D eigenvalue weighted by atomic mass is 9.90. The second-order valence-electron chi connectivity index (χ2n) is 4.96. The first-order chi connectivity index (χ1) is 9.92. The maximum Gasteiger partial charge on any atom is 0.128 e. The Morgan fingerprint density at radius 1 is 1.00 bits per heavy atom. The van der Waals surface area contributed by atoms with Crippen LogP contribution in [0.4, 0.5) is 5.69 Å². The second kappa shape index (κ2) is 5.07. The Kier molecular flexibility index (Phi) is 3.09. The van der Waals surface area contributed by atoms with Gasteiger partial charge in [-0.2, -0.15) is 11.2 Å². The van der Waals surface area contributed by atoms with E-state index in [-0.39, 0.29) is 0 Å². The molecule has 4 rings (SSSR count). The predicted octanol–water partition coefficient (Wildman–Crippen LogP) is 4.36. The first-order valence-corrected chi connectivity index (χ1v) is 9.55. The highest BCUT2D eigenvalue weighted by Gasteiger charge is 2.32. The van der Waals surface area contributed by atoms with Gasteiger partial charge in [0.05, 0.1) is 16.6 Å². The zero-order chi connectivity index (χ0) is 13.4. The van der Waals surface area contributed by atoms with E-state index in [0.29, 0.717) is 5.25 Å². The molecule has 1 aliphatic heterocycles. The molecule has 0 aromatic heterocycles. The van der Waals surface area contributed by atoms with E-state index < -0.39 is 0 Å². The number of fused-ring (bicyclic) bond motifs is 2. The molecule has 1 nitrogen and oxygen atoms in total. The highest BCUT2D eigenvalue weighted by atomic mass is 32.4. The molecule has 1 unspecified atom stereocenters. The zero-order valence-electron chi connectivity index (χ0n) is 10.9. The summed E-state index contributed by atoms with van der Waals surface area (Å²) in [6, 6.07) is 20.1. The van der Waals surface area contributed by atoms with E-state index in [1.54, 1.807) is 5.57 Å². The number of para-hydroxylation sites is 1. The fourth-order valence-corrected chi connectivity index (χ4v) is 6.20. The molecule has 1 fully saturated rings. The van der Waals surface area contributed by atoms with Gasteiger partial charge in [0.25, 0.3) is 0 Å². The van der Waals surface area contributed by atoms with E-state index in [1.165, 1.54) is 22.9 Å². The Morgan fingerprint density at radius 3 is 2.70 bits per heavy atom. The summed E-state index contributed by atoms with van der Waals surface area (Å²) in [5, 5.41) is 0.462. The monoisotopic (exact) mass is 291 g/mol. The quantitative estimate of drug-likeness (QED) is 0.711. The number of rotatable bonds is 1. The molecule has 2 radical (unpaired) electrons. The van der Waals surface area contributed by atoms with Gasteiger partial charge in [-0.15, -0.1) is 0 Å². The molecule has 0 spiro atoms. The lowest BCUT2D eigenvalue weighted by molar-refractivity contribution is 1.27. The molecule has 3 heteroatoms. The van der Waals surface area contributed by atoms with Gasteiger partial charge in [-0.1, -0.05) is 54.1 Å². The van der Waals surface area contributed by atoms with Crippen LogP contribution in [0.25, 0.3) is 6.08 Å². The van der Waals surface area contributed by atoms with Crippen LogP contribution in [0.2, 0.25) is 6.04 Å². The summed E-state index contributed by atoms with van der Waals surface area (Å²) in [7, 11) is 0.965. The number of hydrogen-bond donors (Lipinski definition) is 0. The molecule has 20 heavy (non-hydrogen) atoms. The smallest absolute Gasteiger partial charge is 0.128 e. The van der Waals surface area contributed by atoms with E-state index in [2.05, 4.69) is 54.6 Å². The van der Waals surface area contributed by atoms with Gasteiger partial charge in [0, 0.05) is 5.56 Å². The maximum atomic E-state index is 4.96. The Balaban J connectivity index is 1.89. The van der Waals surface area contributed by atoms with Crippen molar-refractivity contribution in [3.05, 3.63) is 71.3 Å². The Morgan fingerprint density at radius 2 is 1.80 bits per heavy atom. The van der Waals surface area contributed by atoms with Gasteiger partial charge in [0.2, 0.25) is 0 Å². The molecule has 2 aromatic rings. The fourth-order valence-electron chi connectivity index (χ4n) is 2.69. The van der Waals surface area contributed by atoms with Crippen LogP contribution in [0.15, 0.2) is 65.2 Å². The van der Waals surface area contributed by atoms with Gasteiger partial charge >= 0.3 is 0 Å². The van der Waals surface area contributed by atoms with Crippen LogP contribution in [0.1, 0.15) is 11.1 Å². The molecule has 1 atom stereocenters. The van der Waals surface area contributed by atoms with Crippen molar-refractivity contribution in [2.45, 2.75) is 11.3 Å². The van der Waals surface area contributed by atoms with Gasteiger partial charge < -0.3 is 0 Å². The summed E-state index contributed by atoms with van der Waals surface area (Å²) >= 11 is 2.05. The molecule has 2 aliphatic rings. The van der Waals surface area contributed by atoms with Crippen molar-refractivity contribution in [3.8, 4) is 0 Å². The van der Waals surface area contributed by atoms with E-state index in [0.717, 1.165) is 14.4 Å². The summed E-state index contributed by atoms with van der Waals surface area (Å²) in [6.45, 7) is 0. The molecule has 96 valence electrons. The minimum atomic E-state index is 0.462. The van der Waals surface area contributed by atoms with Gasteiger partial charge in [-0.05, 0) is 23.7 Å². The highest BCUT2D eigenvalue weighted by Crippen LogP contribution is 2.40. The molecule has 0 bridgehead atoms. The second-order valence-corrected chi connectivity index (χ2v) is 7.88. The van der Waals surface area contributed by atoms with Crippen molar-refractivity contribution in [2.75, 3.05) is 0 Å². The molecular weight excluding hydrogens is 278 g/mol. The van der Waals surface area contributed by atoms with Crippen LogP contribution in [-0.2, 0) is 0 Å². The third kappa shape index (κ3) is 2.07. The maximum absolute atomic E-state index is 4.96. The van der Waals surface area contributed by atoms with E-state index in [9.17, 15) is 0 Å². The Labute approximate surface area is 125 Å². The molecule has 1 aliphatic carbocycles. The summed E-state index contributed by atoms with van der Waals surface area (Å²) in [5.41, 5.74) is 6.44. The predicted molar refractivity (Wildman–Crippen MR) is 89.0 cm³/mol. The Bertz CT molecular complexity index is 706. The Hall–Kier alpha value is -1.58. The first kappa shape index (κ1) is 12.2. The van der Waals surface area contributed by atoms with E-state index in [1.807, 2.05) is 17.3 Å². The molecule has 2 aromatic carbocycles. The normalized spacial score (nSPS) is 22.3. The van der Waals surface area contributed by atoms with Crippen LogP contribution < -0.4 is 0 Å². The largest absolute Gasteiger partial charge is 0.251 e. The topological polar surface area (TPSA) is 12.4 Å². The van der Waals surface area contributed by atoms with Gasteiger partial charge in [0.15, 0.2) is 0 Å². The van der Waals surface area contributed by atoms with Crippen molar-refractivity contribution >= 4 is 37.4 Å². The molecular formula is C17H13NSSi. The SMILES string of the molecule is C1=C2C[Si]SC2C(=Nc2ccccc2)c2ccccc21. The molecule has 1 heterocycles. The van der Waals surface area contributed by atoms with Gasteiger partial charge in [0.1, 0.15) is 8.67 Å². The lowest BCUT2D eigenvalue weighted by Gasteiger charge is -2.22. The van der Waals surface area contributed by atoms with Crippen LogP contribution in [0, 0.1) is 0 Å². The minimum absolute atomic E-state index is 0.462. The first-order valence-electron chi connectivity index (χ1n) is 6.74. The summed E-state index contributed by atoms with van der Waals surface area (Å²) < 4.78 is 0. The molecule has 1 saturated heterocycles. The number of hydrogen-bond acceptors (Lipinski definition) is 2. The van der Waals surface area contributed by atoms with Crippen molar-refractivity contribution in [1.82, 2.24) is 0 Å². The van der Waals surface area contributed by atoms with E-state index >= 15 is 0 Å². The average Bonchev–Trinajstić information content (AvgIpc) is 2.96. The average molecular weight is 291 g/mol. The number of nitrogens with zero attached hydrogens (tertiary/aromatic N) is 1. The summed E-state index contributed by atoms with van der Waals surface area (Å²) in [5.74, 6) is 0. The van der Waals surface area contributed by atoms with Gasteiger partial charge in [-0.3, -0.25) is 4.99 Å². The van der Waals surface area contributed by atoms with Crippen molar-refractivity contribution in [3.63, 3.8) is 0 Å².